The average Bonchev–Trinajstić information content (AvgIpc) is 2.92. The molecule has 0 radical (unpaired) electrons. The monoisotopic (exact) mass is 290 g/mol. The fraction of sp³-hybridized carbons (Fsp3) is 0.625. The van der Waals surface area contributed by atoms with Crippen LogP contribution in [0.4, 0.5) is 0 Å². The van der Waals surface area contributed by atoms with Crippen molar-refractivity contribution in [1.82, 2.24) is 9.21 Å². The summed E-state index contributed by atoms with van der Waals surface area (Å²) in [5, 5.41) is 0. The molecule has 3 fully saturated rings. The van der Waals surface area contributed by atoms with Crippen molar-refractivity contribution >= 4 is 11.9 Å². The minimum Gasteiger partial charge on any atom is -0.494 e. The van der Waals surface area contributed by atoms with Crippen molar-refractivity contribution in [3.8, 4) is 5.75 Å². The van der Waals surface area contributed by atoms with Gasteiger partial charge in [-0.15, -0.1) is 0 Å². The lowest BCUT2D eigenvalue weighted by molar-refractivity contribution is 0.0420. The van der Waals surface area contributed by atoms with Crippen molar-refractivity contribution in [2.24, 2.45) is 5.92 Å². The van der Waals surface area contributed by atoms with Crippen LogP contribution in [0.3, 0.4) is 0 Å². The standard InChI is InChI=1S/C16H22N2OS/c1-2-19-14-4-3-13-10-18(20-16(13)9-14)15-11-17-7-5-12(15)6-8-17/h3-4,9,12,15H,2,5-8,10-11H2,1H3/t15-/m1/s1. The van der Waals surface area contributed by atoms with E-state index in [9.17, 15) is 0 Å². The van der Waals surface area contributed by atoms with Crippen LogP contribution in [0.5, 0.6) is 5.75 Å². The summed E-state index contributed by atoms with van der Waals surface area (Å²) >= 11 is 1.95. The SMILES string of the molecule is CCOc1ccc2c(c1)SN([C@@H]1CN3CCC1CC3)C2. The zero-order chi connectivity index (χ0) is 13.5. The highest BCUT2D eigenvalue weighted by Gasteiger charge is 2.39. The number of piperidine rings is 3. The lowest BCUT2D eigenvalue weighted by Gasteiger charge is -2.47. The molecule has 3 nitrogen and oxygen atoms in total. The van der Waals surface area contributed by atoms with Crippen molar-refractivity contribution in [3.05, 3.63) is 23.8 Å². The molecule has 1 aromatic rings. The molecule has 0 aliphatic carbocycles. The third-order valence-electron chi connectivity index (χ3n) is 4.88. The topological polar surface area (TPSA) is 15.7 Å². The van der Waals surface area contributed by atoms with Crippen molar-refractivity contribution in [2.45, 2.75) is 37.2 Å². The van der Waals surface area contributed by atoms with E-state index in [2.05, 4.69) is 27.4 Å². The Kier molecular flexibility index (Phi) is 3.41. The second-order valence-corrected chi connectivity index (χ2v) is 7.17. The molecule has 3 saturated heterocycles. The highest BCUT2D eigenvalue weighted by atomic mass is 32.2. The van der Waals surface area contributed by atoms with Gasteiger partial charge in [0.25, 0.3) is 0 Å². The van der Waals surface area contributed by atoms with Crippen LogP contribution in [0.25, 0.3) is 0 Å². The first-order valence-electron chi connectivity index (χ1n) is 7.76. The molecule has 4 aliphatic rings. The van der Waals surface area contributed by atoms with Gasteiger partial charge in [0.2, 0.25) is 0 Å². The van der Waals surface area contributed by atoms with Crippen LogP contribution in [0.1, 0.15) is 25.3 Å². The third-order valence-corrected chi connectivity index (χ3v) is 6.09. The fourth-order valence-electron chi connectivity index (χ4n) is 3.78. The summed E-state index contributed by atoms with van der Waals surface area (Å²) in [5.74, 6) is 1.92. The number of rotatable bonds is 3. The highest BCUT2D eigenvalue weighted by Crippen LogP contribution is 2.43. The zero-order valence-corrected chi connectivity index (χ0v) is 12.9. The lowest BCUT2D eigenvalue weighted by atomic mass is 9.84. The molecule has 0 N–H and O–H groups in total. The molecular formula is C16H22N2OS. The van der Waals surface area contributed by atoms with Crippen LogP contribution >= 0.6 is 11.9 Å². The summed E-state index contributed by atoms with van der Waals surface area (Å²) in [6, 6.07) is 7.31. The minimum atomic E-state index is 0.741. The van der Waals surface area contributed by atoms with Gasteiger partial charge in [-0.2, -0.15) is 0 Å². The Morgan fingerprint density at radius 2 is 2.15 bits per heavy atom. The van der Waals surface area contributed by atoms with Gasteiger partial charge in [0.05, 0.1) is 6.61 Å². The highest BCUT2D eigenvalue weighted by molar-refractivity contribution is 7.97. The Hall–Kier alpha value is -0.710. The smallest absolute Gasteiger partial charge is 0.120 e. The Bertz CT molecular complexity index is 499. The van der Waals surface area contributed by atoms with E-state index in [4.69, 9.17) is 4.74 Å². The molecule has 108 valence electrons. The number of hydrogen-bond donors (Lipinski definition) is 0. The van der Waals surface area contributed by atoms with Crippen LogP contribution in [0, 0.1) is 5.92 Å². The molecule has 4 heteroatoms. The van der Waals surface area contributed by atoms with Gasteiger partial charge in [0.1, 0.15) is 5.75 Å². The Morgan fingerprint density at radius 1 is 1.30 bits per heavy atom. The largest absolute Gasteiger partial charge is 0.494 e. The van der Waals surface area contributed by atoms with Gasteiger partial charge in [0, 0.05) is 24.0 Å². The number of ether oxygens (including phenoxy) is 1. The van der Waals surface area contributed by atoms with E-state index in [1.807, 2.05) is 18.9 Å². The number of hydrogen-bond acceptors (Lipinski definition) is 4. The molecule has 0 spiro atoms. The second kappa shape index (κ2) is 5.24. The van der Waals surface area contributed by atoms with Gasteiger partial charge in [-0.25, -0.2) is 4.31 Å². The molecule has 4 aliphatic heterocycles. The zero-order valence-electron chi connectivity index (χ0n) is 12.0. The molecule has 4 heterocycles. The molecule has 0 amide bonds. The molecule has 1 atom stereocenters. The van der Waals surface area contributed by atoms with E-state index in [1.54, 1.807) is 0 Å². The van der Waals surface area contributed by atoms with Gasteiger partial charge >= 0.3 is 0 Å². The molecular weight excluding hydrogens is 268 g/mol. The van der Waals surface area contributed by atoms with E-state index in [-0.39, 0.29) is 0 Å². The Morgan fingerprint density at radius 3 is 2.85 bits per heavy atom. The van der Waals surface area contributed by atoms with Crippen LogP contribution in [0.2, 0.25) is 0 Å². The molecule has 5 rings (SSSR count). The molecule has 2 bridgehead atoms. The summed E-state index contributed by atoms with van der Waals surface area (Å²) < 4.78 is 8.24. The first-order valence-corrected chi connectivity index (χ1v) is 8.53. The van der Waals surface area contributed by atoms with E-state index in [0.29, 0.717) is 0 Å². The van der Waals surface area contributed by atoms with Gasteiger partial charge in [-0.1, -0.05) is 6.07 Å². The van der Waals surface area contributed by atoms with Crippen LogP contribution in [-0.2, 0) is 6.54 Å². The van der Waals surface area contributed by atoms with Crippen molar-refractivity contribution in [2.75, 3.05) is 26.2 Å². The quantitative estimate of drug-likeness (QED) is 0.795. The third kappa shape index (κ3) is 2.24. The van der Waals surface area contributed by atoms with Crippen molar-refractivity contribution in [3.63, 3.8) is 0 Å². The number of benzene rings is 1. The lowest BCUT2D eigenvalue weighted by Crippen LogP contribution is -2.54. The average molecular weight is 290 g/mol. The minimum absolute atomic E-state index is 0.741. The molecule has 0 unspecified atom stereocenters. The van der Waals surface area contributed by atoms with Crippen LogP contribution < -0.4 is 4.74 Å². The summed E-state index contributed by atoms with van der Waals surface area (Å²) in [4.78, 5) is 4.03. The van der Waals surface area contributed by atoms with Gasteiger partial charge in [-0.3, -0.25) is 0 Å². The Balaban J connectivity index is 1.50. The number of nitrogens with zero attached hydrogens (tertiary/aromatic N) is 2. The molecule has 0 saturated carbocycles. The summed E-state index contributed by atoms with van der Waals surface area (Å²) in [7, 11) is 0. The maximum absolute atomic E-state index is 5.62. The van der Waals surface area contributed by atoms with Crippen molar-refractivity contribution < 1.29 is 4.74 Å². The summed E-state index contributed by atoms with van der Waals surface area (Å²) in [5.41, 5.74) is 1.47. The first kappa shape index (κ1) is 13.0. The fourth-order valence-corrected chi connectivity index (χ4v) is 5.03. The second-order valence-electron chi connectivity index (χ2n) is 6.07. The van der Waals surface area contributed by atoms with Gasteiger partial charge < -0.3 is 9.64 Å². The molecule has 20 heavy (non-hydrogen) atoms. The van der Waals surface area contributed by atoms with E-state index >= 15 is 0 Å². The van der Waals surface area contributed by atoms with E-state index in [1.165, 1.54) is 42.9 Å². The van der Waals surface area contributed by atoms with Crippen molar-refractivity contribution in [1.29, 1.82) is 0 Å². The normalized spacial score (nSPS) is 32.4. The van der Waals surface area contributed by atoms with Crippen LogP contribution in [-0.4, -0.2) is 41.5 Å². The predicted octanol–water partition coefficient (Wildman–Crippen LogP) is 3.00. The summed E-state index contributed by atoms with van der Waals surface area (Å²) in [6.07, 6.45) is 2.78. The van der Waals surface area contributed by atoms with E-state index < -0.39 is 0 Å². The predicted molar refractivity (Wildman–Crippen MR) is 82.0 cm³/mol. The number of fused-ring (bicyclic) bond motifs is 4. The van der Waals surface area contributed by atoms with Gasteiger partial charge in [-0.05, 0) is 68.4 Å². The molecule has 1 aromatic carbocycles. The summed E-state index contributed by atoms with van der Waals surface area (Å²) in [6.45, 7) is 7.79. The Labute approximate surface area is 125 Å². The first-order chi connectivity index (χ1) is 9.83. The maximum atomic E-state index is 5.62. The van der Waals surface area contributed by atoms with E-state index in [0.717, 1.165) is 30.9 Å². The maximum Gasteiger partial charge on any atom is 0.120 e. The molecule has 0 aromatic heterocycles. The van der Waals surface area contributed by atoms with Gasteiger partial charge in [0.15, 0.2) is 0 Å². The van der Waals surface area contributed by atoms with Crippen LogP contribution in [0.15, 0.2) is 23.1 Å².